The van der Waals surface area contributed by atoms with Crippen LogP contribution in [0.4, 0.5) is 0 Å². The highest BCUT2D eigenvalue weighted by molar-refractivity contribution is 5.40. The van der Waals surface area contributed by atoms with Gasteiger partial charge in [0.15, 0.2) is 0 Å². The molecule has 0 spiro atoms. The molecule has 2 aliphatic rings. The molecule has 1 atom stereocenters. The molecular formula is C32H46N2. The zero-order valence-corrected chi connectivity index (χ0v) is 22.2. The van der Waals surface area contributed by atoms with Crippen molar-refractivity contribution >= 4 is 0 Å². The predicted molar refractivity (Wildman–Crippen MR) is 146 cm³/mol. The zero-order chi connectivity index (χ0) is 24.1. The smallest absolute Gasteiger partial charge is 0.0426 e. The van der Waals surface area contributed by atoms with Gasteiger partial charge in [0.1, 0.15) is 0 Å². The lowest BCUT2D eigenvalue weighted by Gasteiger charge is -2.39. The summed E-state index contributed by atoms with van der Waals surface area (Å²) < 4.78 is 0. The summed E-state index contributed by atoms with van der Waals surface area (Å²) in [6, 6.07) is 13.8. The molecule has 1 heterocycles. The highest BCUT2D eigenvalue weighted by atomic mass is 15.2. The monoisotopic (exact) mass is 458 g/mol. The third-order valence-corrected chi connectivity index (χ3v) is 8.00. The van der Waals surface area contributed by atoms with Crippen molar-refractivity contribution in [3.8, 4) is 0 Å². The molecule has 1 aliphatic heterocycles. The third-order valence-electron chi connectivity index (χ3n) is 8.00. The molecule has 0 N–H and O–H groups in total. The van der Waals surface area contributed by atoms with Crippen LogP contribution in [0.25, 0.3) is 0 Å². The van der Waals surface area contributed by atoms with Crippen LogP contribution in [0, 0.1) is 25.7 Å². The summed E-state index contributed by atoms with van der Waals surface area (Å²) in [5.41, 5.74) is 10.5. The average Bonchev–Trinajstić information content (AvgIpc) is 3.06. The van der Waals surface area contributed by atoms with Crippen LogP contribution in [0.5, 0.6) is 0 Å². The molecule has 2 aromatic rings. The molecular weight excluding hydrogens is 412 g/mol. The number of rotatable bonds is 8. The Bertz CT molecular complexity index is 973. The molecule has 0 radical (unpaired) electrons. The lowest BCUT2D eigenvalue weighted by atomic mass is 9.92. The Kier molecular flexibility index (Phi) is 8.53. The minimum Gasteiger partial charge on any atom is -0.370 e. The summed E-state index contributed by atoms with van der Waals surface area (Å²) in [4.78, 5) is 5.27. The van der Waals surface area contributed by atoms with E-state index in [1.165, 1.54) is 79.4 Å². The van der Waals surface area contributed by atoms with Crippen molar-refractivity contribution in [1.82, 2.24) is 9.80 Å². The number of benzene rings is 2. The van der Waals surface area contributed by atoms with Crippen molar-refractivity contribution in [3.63, 3.8) is 0 Å². The fraction of sp³-hybridized carbons (Fsp3) is 0.562. The Balaban J connectivity index is 1.47. The molecule has 0 aromatic heterocycles. The number of likely N-dealkylation sites (tertiary alicyclic amines) is 1. The van der Waals surface area contributed by atoms with Crippen LogP contribution in [0.15, 0.2) is 48.7 Å². The SMILES string of the molecule is C=C([C@@H]1CCCN(Cc2ccccc2C)C1)N(Cc1cc(C)c2c(c1)CCCCC2)CC(C)C. The largest absolute Gasteiger partial charge is 0.370 e. The van der Waals surface area contributed by atoms with Crippen molar-refractivity contribution in [2.75, 3.05) is 19.6 Å². The van der Waals surface area contributed by atoms with E-state index in [1.807, 2.05) is 0 Å². The second-order valence-corrected chi connectivity index (χ2v) is 11.4. The summed E-state index contributed by atoms with van der Waals surface area (Å²) in [5, 5.41) is 0. The van der Waals surface area contributed by atoms with Crippen LogP contribution in [-0.4, -0.2) is 29.4 Å². The summed E-state index contributed by atoms with van der Waals surface area (Å²) in [5.74, 6) is 1.18. The number of hydrogen-bond donors (Lipinski definition) is 0. The minimum absolute atomic E-state index is 0.554. The third kappa shape index (κ3) is 6.33. The second kappa shape index (κ2) is 11.6. The van der Waals surface area contributed by atoms with E-state index in [9.17, 15) is 0 Å². The summed E-state index contributed by atoms with van der Waals surface area (Å²) in [7, 11) is 0. The first-order chi connectivity index (χ1) is 16.4. The van der Waals surface area contributed by atoms with Gasteiger partial charge in [-0.3, -0.25) is 4.90 Å². The van der Waals surface area contributed by atoms with Crippen LogP contribution in [0.1, 0.15) is 79.3 Å². The summed E-state index contributed by atoms with van der Waals surface area (Å²) in [6.45, 7) is 19.4. The topological polar surface area (TPSA) is 6.48 Å². The van der Waals surface area contributed by atoms with Gasteiger partial charge in [-0.25, -0.2) is 0 Å². The van der Waals surface area contributed by atoms with Crippen molar-refractivity contribution in [2.45, 2.75) is 85.7 Å². The second-order valence-electron chi connectivity index (χ2n) is 11.4. The molecule has 0 saturated carbocycles. The predicted octanol–water partition coefficient (Wildman–Crippen LogP) is 7.46. The van der Waals surface area contributed by atoms with Gasteiger partial charge in [0.25, 0.3) is 0 Å². The molecule has 1 aliphatic carbocycles. The van der Waals surface area contributed by atoms with Crippen molar-refractivity contribution < 1.29 is 0 Å². The molecule has 1 fully saturated rings. The standard InChI is InChI=1S/C32H46N2/c1-24(2)20-34(21-28-18-26(4)32-16-8-6-7-13-29(32)19-28)27(5)31-15-11-17-33(23-31)22-30-14-10-9-12-25(30)3/h9-10,12,14,18-19,24,31H,5-8,11,13,15-17,20-23H2,1-4H3/t31-/m1/s1. The van der Waals surface area contributed by atoms with Crippen LogP contribution in [0.2, 0.25) is 0 Å². The van der Waals surface area contributed by atoms with E-state index in [2.05, 4.69) is 73.9 Å². The lowest BCUT2D eigenvalue weighted by Crippen LogP contribution is -2.40. The first kappa shape index (κ1) is 25.0. The highest BCUT2D eigenvalue weighted by Gasteiger charge is 2.26. The molecule has 184 valence electrons. The maximum atomic E-state index is 4.71. The van der Waals surface area contributed by atoms with Crippen molar-refractivity contribution in [3.05, 3.63) is 82.1 Å². The first-order valence-electron chi connectivity index (χ1n) is 13.7. The normalized spacial score (nSPS) is 19.0. The Hall–Kier alpha value is -2.06. The highest BCUT2D eigenvalue weighted by Crippen LogP contribution is 2.30. The van der Waals surface area contributed by atoms with E-state index in [0.717, 1.165) is 26.2 Å². The van der Waals surface area contributed by atoms with Gasteiger partial charge in [-0.15, -0.1) is 0 Å². The molecule has 2 aromatic carbocycles. The van der Waals surface area contributed by atoms with E-state index in [-0.39, 0.29) is 0 Å². The molecule has 4 rings (SSSR count). The number of hydrogen-bond acceptors (Lipinski definition) is 2. The summed E-state index contributed by atoms with van der Waals surface area (Å²) in [6.07, 6.45) is 9.12. The van der Waals surface area contributed by atoms with E-state index < -0.39 is 0 Å². The molecule has 0 amide bonds. The van der Waals surface area contributed by atoms with E-state index in [4.69, 9.17) is 6.58 Å². The van der Waals surface area contributed by atoms with Crippen molar-refractivity contribution in [1.29, 1.82) is 0 Å². The fourth-order valence-electron chi connectivity index (χ4n) is 6.14. The van der Waals surface area contributed by atoms with Crippen molar-refractivity contribution in [2.24, 2.45) is 11.8 Å². The Labute approximate surface area is 209 Å². The maximum Gasteiger partial charge on any atom is 0.0426 e. The molecule has 2 nitrogen and oxygen atoms in total. The quantitative estimate of drug-likeness (QED) is 0.379. The number of fused-ring (bicyclic) bond motifs is 1. The average molecular weight is 459 g/mol. The van der Waals surface area contributed by atoms with Gasteiger partial charge in [0, 0.05) is 37.8 Å². The number of nitrogens with zero attached hydrogens (tertiary/aromatic N) is 2. The minimum atomic E-state index is 0.554. The van der Waals surface area contributed by atoms with Crippen LogP contribution < -0.4 is 0 Å². The lowest BCUT2D eigenvalue weighted by molar-refractivity contribution is 0.154. The summed E-state index contributed by atoms with van der Waals surface area (Å²) >= 11 is 0. The van der Waals surface area contributed by atoms with E-state index >= 15 is 0 Å². The molecule has 1 saturated heterocycles. The Morgan fingerprint density at radius 2 is 1.82 bits per heavy atom. The van der Waals surface area contributed by atoms with Gasteiger partial charge in [-0.1, -0.05) is 63.2 Å². The van der Waals surface area contributed by atoms with Gasteiger partial charge in [-0.2, -0.15) is 0 Å². The van der Waals surface area contributed by atoms with Gasteiger partial charge < -0.3 is 4.90 Å². The van der Waals surface area contributed by atoms with E-state index in [0.29, 0.717) is 11.8 Å². The Morgan fingerprint density at radius 1 is 1.03 bits per heavy atom. The molecule has 0 bridgehead atoms. The number of aryl methyl sites for hydroxylation is 3. The number of piperidine rings is 1. The van der Waals surface area contributed by atoms with Crippen LogP contribution in [-0.2, 0) is 25.9 Å². The Morgan fingerprint density at radius 3 is 2.62 bits per heavy atom. The van der Waals surface area contributed by atoms with Gasteiger partial charge >= 0.3 is 0 Å². The van der Waals surface area contributed by atoms with Gasteiger partial charge in [-0.05, 0) is 98.2 Å². The van der Waals surface area contributed by atoms with Crippen LogP contribution in [0.3, 0.4) is 0 Å². The fourth-order valence-corrected chi connectivity index (χ4v) is 6.14. The molecule has 0 unspecified atom stereocenters. The van der Waals surface area contributed by atoms with E-state index in [1.54, 1.807) is 11.1 Å². The molecule has 34 heavy (non-hydrogen) atoms. The van der Waals surface area contributed by atoms with Crippen LogP contribution >= 0.6 is 0 Å². The molecule has 2 heteroatoms. The first-order valence-corrected chi connectivity index (χ1v) is 13.7. The zero-order valence-electron chi connectivity index (χ0n) is 22.2. The van der Waals surface area contributed by atoms with Gasteiger partial charge in [0.2, 0.25) is 0 Å². The maximum absolute atomic E-state index is 4.71. The van der Waals surface area contributed by atoms with Gasteiger partial charge in [0.05, 0.1) is 0 Å².